The molecule has 0 atom stereocenters. The van der Waals surface area contributed by atoms with E-state index in [1.807, 2.05) is 22.7 Å². The molecule has 1 nitrogen and oxygen atoms in total. The van der Waals surface area contributed by atoms with E-state index in [9.17, 15) is 0 Å². The van der Waals surface area contributed by atoms with Crippen LogP contribution in [-0.4, -0.2) is 0 Å². The smallest absolute Gasteiger partial charge is 0.0543 e. The average Bonchev–Trinajstić information content (AvgIpc) is 3.73. The van der Waals surface area contributed by atoms with Crippen LogP contribution < -0.4 is 4.90 Å². The SMILES string of the molecule is CC1(C)c2ccccc2-c2c(N(c3ccc4sc5ccccc5c4c3)c3ccc4ccc5c6ccccc6sc5c4c3)cccc21. The van der Waals surface area contributed by atoms with Gasteiger partial charge in [0.1, 0.15) is 0 Å². The molecule has 0 N–H and O–H groups in total. The summed E-state index contributed by atoms with van der Waals surface area (Å²) in [5.41, 5.74) is 8.93. The van der Waals surface area contributed by atoms with Gasteiger partial charge in [-0.25, -0.2) is 0 Å². The summed E-state index contributed by atoms with van der Waals surface area (Å²) in [5.74, 6) is 0. The zero-order chi connectivity index (χ0) is 30.6. The molecular weight excluding hydrogens is 595 g/mol. The molecule has 9 aromatic rings. The fraction of sp³-hybridized carbons (Fsp3) is 0.0698. The standard InChI is InChI=1S/C43H29NS2/c1-43(2)35-13-6-3-12-32(35)41-36(43)14-9-15-37(41)44(28-21-23-40-34(25-28)30-11-5-7-16-38(30)45-40)27-20-18-26-19-22-31-29-10-4-8-17-39(29)46-42(31)33(26)24-27/h3-25H,1-2H3. The van der Waals surface area contributed by atoms with E-state index in [2.05, 4.69) is 158 Å². The van der Waals surface area contributed by atoms with Crippen molar-refractivity contribution < 1.29 is 0 Å². The Labute approximate surface area is 275 Å². The van der Waals surface area contributed by atoms with Crippen LogP contribution in [0.4, 0.5) is 17.1 Å². The van der Waals surface area contributed by atoms with Crippen molar-refractivity contribution in [2.75, 3.05) is 4.90 Å². The predicted octanol–water partition coefficient (Wildman–Crippen LogP) is 13.4. The Balaban J connectivity index is 1.29. The second-order valence-electron chi connectivity index (χ2n) is 12.9. The van der Waals surface area contributed by atoms with Crippen LogP contribution in [0.5, 0.6) is 0 Å². The molecule has 0 saturated heterocycles. The quantitative estimate of drug-likeness (QED) is 0.189. The second-order valence-corrected chi connectivity index (χ2v) is 15.1. The van der Waals surface area contributed by atoms with E-state index in [4.69, 9.17) is 0 Å². The highest BCUT2D eigenvalue weighted by atomic mass is 32.1. The number of rotatable bonds is 3. The van der Waals surface area contributed by atoms with Crippen molar-refractivity contribution in [1.82, 2.24) is 0 Å². The number of benzene rings is 7. The molecule has 46 heavy (non-hydrogen) atoms. The van der Waals surface area contributed by atoms with Gasteiger partial charge < -0.3 is 4.90 Å². The Bertz CT molecular complexity index is 2690. The number of fused-ring (bicyclic) bond motifs is 11. The molecule has 0 bridgehead atoms. The number of nitrogens with zero attached hydrogens (tertiary/aromatic N) is 1. The lowest BCUT2D eigenvalue weighted by molar-refractivity contribution is 0.660. The van der Waals surface area contributed by atoms with Gasteiger partial charge in [-0.15, -0.1) is 22.7 Å². The van der Waals surface area contributed by atoms with Gasteiger partial charge in [-0.05, 0) is 70.6 Å². The summed E-state index contributed by atoms with van der Waals surface area (Å²) in [5, 5.41) is 7.87. The third-order valence-electron chi connectivity index (χ3n) is 10.0. The third kappa shape index (κ3) is 3.61. The first-order valence-corrected chi connectivity index (χ1v) is 17.5. The summed E-state index contributed by atoms with van der Waals surface area (Å²) in [7, 11) is 0. The van der Waals surface area contributed by atoms with Gasteiger partial charge in [-0.1, -0.05) is 105 Å². The first kappa shape index (κ1) is 26.3. The van der Waals surface area contributed by atoms with E-state index in [0.717, 1.165) is 0 Å². The van der Waals surface area contributed by atoms with Gasteiger partial charge in [0.25, 0.3) is 0 Å². The maximum absolute atomic E-state index is 2.51. The van der Waals surface area contributed by atoms with Crippen LogP contribution in [0.15, 0.2) is 140 Å². The van der Waals surface area contributed by atoms with Crippen LogP contribution in [0.1, 0.15) is 25.0 Å². The van der Waals surface area contributed by atoms with Gasteiger partial charge in [0, 0.05) is 68.1 Å². The topological polar surface area (TPSA) is 3.24 Å². The van der Waals surface area contributed by atoms with Crippen molar-refractivity contribution in [2.24, 2.45) is 0 Å². The Morgan fingerprint density at radius 2 is 1.11 bits per heavy atom. The minimum atomic E-state index is -0.0756. The molecular formula is C43H29NS2. The largest absolute Gasteiger partial charge is 0.310 e. The fourth-order valence-corrected chi connectivity index (χ4v) is 10.1. The lowest BCUT2D eigenvalue weighted by Gasteiger charge is -2.29. The van der Waals surface area contributed by atoms with Crippen LogP contribution in [0, 0.1) is 0 Å². The van der Waals surface area contributed by atoms with Crippen molar-refractivity contribution in [2.45, 2.75) is 19.3 Å². The van der Waals surface area contributed by atoms with E-state index in [1.54, 1.807) is 0 Å². The first-order valence-electron chi connectivity index (χ1n) is 15.9. The van der Waals surface area contributed by atoms with Crippen molar-refractivity contribution in [3.63, 3.8) is 0 Å². The average molecular weight is 624 g/mol. The van der Waals surface area contributed by atoms with E-state index in [1.165, 1.54) is 90.4 Å². The molecule has 2 heterocycles. The highest BCUT2D eigenvalue weighted by molar-refractivity contribution is 7.26. The maximum atomic E-state index is 2.51. The summed E-state index contributed by atoms with van der Waals surface area (Å²) in [6.45, 7) is 4.73. The van der Waals surface area contributed by atoms with Gasteiger partial charge in [0.05, 0.1) is 5.69 Å². The molecule has 1 aliphatic carbocycles. The molecule has 1 aliphatic rings. The highest BCUT2D eigenvalue weighted by Crippen LogP contribution is 2.54. The summed E-state index contributed by atoms with van der Waals surface area (Å²) >= 11 is 3.77. The van der Waals surface area contributed by atoms with Crippen LogP contribution in [-0.2, 0) is 5.41 Å². The van der Waals surface area contributed by atoms with Gasteiger partial charge in [0.2, 0.25) is 0 Å². The van der Waals surface area contributed by atoms with Crippen molar-refractivity contribution in [3.05, 3.63) is 151 Å². The molecule has 0 fully saturated rings. The monoisotopic (exact) mass is 623 g/mol. The molecule has 218 valence electrons. The molecule has 3 heteroatoms. The maximum Gasteiger partial charge on any atom is 0.0543 e. The Kier molecular flexibility index (Phi) is 5.44. The summed E-state index contributed by atoms with van der Waals surface area (Å²) in [4.78, 5) is 2.51. The Morgan fingerprint density at radius 1 is 0.478 bits per heavy atom. The normalized spacial score (nSPS) is 13.6. The molecule has 7 aromatic carbocycles. The van der Waals surface area contributed by atoms with Crippen LogP contribution in [0.3, 0.4) is 0 Å². The van der Waals surface area contributed by atoms with Gasteiger partial charge in [-0.3, -0.25) is 0 Å². The fourth-order valence-electron chi connectivity index (χ4n) is 7.83. The van der Waals surface area contributed by atoms with Crippen LogP contribution >= 0.6 is 22.7 Å². The third-order valence-corrected chi connectivity index (χ3v) is 12.4. The van der Waals surface area contributed by atoms with Crippen molar-refractivity contribution >= 4 is 90.9 Å². The lowest BCUT2D eigenvalue weighted by atomic mass is 9.82. The van der Waals surface area contributed by atoms with E-state index >= 15 is 0 Å². The number of hydrogen-bond acceptors (Lipinski definition) is 3. The van der Waals surface area contributed by atoms with E-state index in [0.29, 0.717) is 0 Å². The molecule has 0 unspecified atom stereocenters. The Morgan fingerprint density at radius 3 is 1.96 bits per heavy atom. The van der Waals surface area contributed by atoms with Gasteiger partial charge in [0.15, 0.2) is 0 Å². The zero-order valence-electron chi connectivity index (χ0n) is 25.5. The van der Waals surface area contributed by atoms with Gasteiger partial charge in [-0.2, -0.15) is 0 Å². The molecule has 0 amide bonds. The Hall–Kier alpha value is -4.96. The van der Waals surface area contributed by atoms with Crippen molar-refractivity contribution in [3.8, 4) is 11.1 Å². The molecule has 10 rings (SSSR count). The lowest BCUT2D eigenvalue weighted by Crippen LogP contribution is -2.16. The van der Waals surface area contributed by atoms with E-state index in [-0.39, 0.29) is 5.41 Å². The summed E-state index contributed by atoms with van der Waals surface area (Å²) in [6.07, 6.45) is 0. The van der Waals surface area contributed by atoms with E-state index < -0.39 is 0 Å². The van der Waals surface area contributed by atoms with Crippen molar-refractivity contribution in [1.29, 1.82) is 0 Å². The predicted molar refractivity (Wildman–Crippen MR) is 202 cm³/mol. The molecule has 0 saturated carbocycles. The number of thiophene rings is 2. The molecule has 0 radical (unpaired) electrons. The number of anilines is 3. The minimum Gasteiger partial charge on any atom is -0.310 e. The van der Waals surface area contributed by atoms with Gasteiger partial charge >= 0.3 is 0 Å². The number of hydrogen-bond donors (Lipinski definition) is 0. The summed E-state index contributed by atoms with van der Waals surface area (Å²) < 4.78 is 5.34. The first-order chi connectivity index (χ1) is 22.6. The van der Waals surface area contributed by atoms with Crippen LogP contribution in [0.25, 0.3) is 62.2 Å². The highest BCUT2D eigenvalue weighted by Gasteiger charge is 2.37. The molecule has 2 aromatic heterocycles. The zero-order valence-corrected chi connectivity index (χ0v) is 27.2. The molecule has 0 spiro atoms. The molecule has 0 aliphatic heterocycles. The second kappa shape index (κ2) is 9.53. The summed E-state index contributed by atoms with van der Waals surface area (Å²) in [6, 6.07) is 52.1. The minimum absolute atomic E-state index is 0.0756. The van der Waals surface area contributed by atoms with Crippen LogP contribution in [0.2, 0.25) is 0 Å².